The van der Waals surface area contributed by atoms with E-state index in [0.717, 1.165) is 12.2 Å². The molecule has 1 amide bonds. The van der Waals surface area contributed by atoms with Crippen molar-refractivity contribution in [3.8, 4) is 0 Å². The Morgan fingerprint density at radius 1 is 1.48 bits per heavy atom. The van der Waals surface area contributed by atoms with Crippen LogP contribution in [0, 0.1) is 0 Å². The van der Waals surface area contributed by atoms with Crippen LogP contribution in [0.5, 0.6) is 0 Å². The SMILES string of the molecule is CC(CC1COCCN1C(=O)OC(C)(C)C)NC(C)c1nncn1C. The Kier molecular flexibility index (Phi) is 6.40. The van der Waals surface area contributed by atoms with Crippen molar-refractivity contribution in [2.24, 2.45) is 7.05 Å². The van der Waals surface area contributed by atoms with Gasteiger partial charge in [0.25, 0.3) is 0 Å². The summed E-state index contributed by atoms with van der Waals surface area (Å²) in [6.07, 6.45) is 2.20. The Morgan fingerprint density at radius 2 is 2.20 bits per heavy atom. The summed E-state index contributed by atoms with van der Waals surface area (Å²) in [4.78, 5) is 14.3. The largest absolute Gasteiger partial charge is 0.444 e. The van der Waals surface area contributed by atoms with Crippen LogP contribution in [0.1, 0.15) is 52.9 Å². The fourth-order valence-electron chi connectivity index (χ4n) is 3.07. The quantitative estimate of drug-likeness (QED) is 0.870. The Morgan fingerprint density at radius 3 is 2.80 bits per heavy atom. The zero-order valence-electron chi connectivity index (χ0n) is 16.2. The van der Waals surface area contributed by atoms with Crippen molar-refractivity contribution in [3.05, 3.63) is 12.2 Å². The van der Waals surface area contributed by atoms with Crippen molar-refractivity contribution in [2.45, 2.75) is 64.8 Å². The number of nitrogens with one attached hydrogen (secondary N) is 1. The molecule has 1 fully saturated rings. The number of rotatable bonds is 5. The lowest BCUT2D eigenvalue weighted by molar-refractivity contribution is -0.0357. The van der Waals surface area contributed by atoms with Gasteiger partial charge in [0.2, 0.25) is 0 Å². The minimum Gasteiger partial charge on any atom is -0.444 e. The van der Waals surface area contributed by atoms with E-state index in [1.165, 1.54) is 0 Å². The fraction of sp³-hybridized carbons (Fsp3) is 0.824. The number of hydrogen-bond donors (Lipinski definition) is 1. The molecule has 1 N–H and O–H groups in total. The van der Waals surface area contributed by atoms with Gasteiger partial charge in [-0.05, 0) is 41.0 Å². The minimum absolute atomic E-state index is 0.00204. The molecule has 0 bridgehead atoms. The topological polar surface area (TPSA) is 81.5 Å². The number of hydrogen-bond acceptors (Lipinski definition) is 6. The Balaban J connectivity index is 1.93. The molecule has 0 aliphatic carbocycles. The standard InChI is InChI=1S/C17H31N5O3/c1-12(19-13(2)15-20-18-11-21(15)6)9-14-10-24-8-7-22(14)16(23)25-17(3,4)5/h11-14,19H,7-10H2,1-6H3. The molecular formula is C17H31N5O3. The lowest BCUT2D eigenvalue weighted by Gasteiger charge is -2.38. The van der Waals surface area contributed by atoms with E-state index in [-0.39, 0.29) is 24.2 Å². The Labute approximate surface area is 149 Å². The number of carbonyl (C=O) groups excluding carboxylic acids is 1. The van der Waals surface area contributed by atoms with E-state index in [9.17, 15) is 4.79 Å². The molecule has 0 radical (unpaired) electrons. The molecule has 1 aliphatic heterocycles. The van der Waals surface area contributed by atoms with E-state index in [0.29, 0.717) is 19.8 Å². The molecule has 8 heteroatoms. The van der Waals surface area contributed by atoms with Gasteiger partial charge in [-0.2, -0.15) is 0 Å². The first kappa shape index (κ1) is 19.7. The molecule has 2 rings (SSSR count). The number of aromatic nitrogens is 3. The molecule has 0 spiro atoms. The lowest BCUT2D eigenvalue weighted by Crippen LogP contribution is -2.52. The molecule has 1 aliphatic rings. The van der Waals surface area contributed by atoms with Crippen molar-refractivity contribution in [1.29, 1.82) is 0 Å². The molecule has 25 heavy (non-hydrogen) atoms. The third-order valence-electron chi connectivity index (χ3n) is 4.15. The van der Waals surface area contributed by atoms with Gasteiger partial charge in [-0.25, -0.2) is 4.79 Å². The summed E-state index contributed by atoms with van der Waals surface area (Å²) in [5.41, 5.74) is -0.497. The minimum atomic E-state index is -0.497. The first-order chi connectivity index (χ1) is 11.7. The molecule has 0 aromatic carbocycles. The van der Waals surface area contributed by atoms with Crippen molar-refractivity contribution in [1.82, 2.24) is 25.0 Å². The number of nitrogens with zero attached hydrogens (tertiary/aromatic N) is 4. The Bertz CT molecular complexity index is 569. The summed E-state index contributed by atoms with van der Waals surface area (Å²) in [5.74, 6) is 0.885. The maximum absolute atomic E-state index is 12.5. The lowest BCUT2D eigenvalue weighted by atomic mass is 10.1. The second-order valence-electron chi connectivity index (χ2n) is 7.73. The predicted octanol–water partition coefficient (Wildman–Crippen LogP) is 1.88. The maximum Gasteiger partial charge on any atom is 0.410 e. The fourth-order valence-corrected chi connectivity index (χ4v) is 3.07. The highest BCUT2D eigenvalue weighted by Crippen LogP contribution is 2.19. The van der Waals surface area contributed by atoms with Crippen LogP contribution in [0.3, 0.4) is 0 Å². The van der Waals surface area contributed by atoms with Gasteiger partial charge in [-0.1, -0.05) is 0 Å². The van der Waals surface area contributed by atoms with E-state index in [4.69, 9.17) is 9.47 Å². The second kappa shape index (κ2) is 8.14. The van der Waals surface area contributed by atoms with Crippen LogP contribution < -0.4 is 5.32 Å². The van der Waals surface area contributed by atoms with Gasteiger partial charge in [0.1, 0.15) is 17.8 Å². The van der Waals surface area contributed by atoms with Crippen LogP contribution in [0.15, 0.2) is 6.33 Å². The molecule has 8 nitrogen and oxygen atoms in total. The summed E-state index contributed by atoms with van der Waals surface area (Å²) in [5, 5.41) is 11.6. The third-order valence-corrected chi connectivity index (χ3v) is 4.15. The maximum atomic E-state index is 12.5. The highest BCUT2D eigenvalue weighted by Gasteiger charge is 2.32. The van der Waals surface area contributed by atoms with Crippen molar-refractivity contribution in [3.63, 3.8) is 0 Å². The second-order valence-corrected chi connectivity index (χ2v) is 7.73. The van der Waals surface area contributed by atoms with E-state index in [1.807, 2.05) is 32.4 Å². The van der Waals surface area contributed by atoms with E-state index >= 15 is 0 Å². The zero-order chi connectivity index (χ0) is 18.6. The Hall–Kier alpha value is -1.67. The molecule has 142 valence electrons. The molecule has 0 saturated carbocycles. The van der Waals surface area contributed by atoms with Crippen LogP contribution >= 0.6 is 0 Å². The molecule has 2 heterocycles. The first-order valence-electron chi connectivity index (χ1n) is 8.84. The average Bonchev–Trinajstić information content (AvgIpc) is 2.92. The van der Waals surface area contributed by atoms with Crippen molar-refractivity contribution in [2.75, 3.05) is 19.8 Å². The normalized spacial score (nSPS) is 21.0. The van der Waals surface area contributed by atoms with Crippen LogP contribution in [0.25, 0.3) is 0 Å². The van der Waals surface area contributed by atoms with E-state index in [1.54, 1.807) is 11.2 Å². The van der Waals surface area contributed by atoms with Crippen molar-refractivity contribution < 1.29 is 14.3 Å². The molecule has 1 aromatic rings. The van der Waals surface area contributed by atoms with Gasteiger partial charge in [-0.3, -0.25) is 0 Å². The van der Waals surface area contributed by atoms with Crippen molar-refractivity contribution >= 4 is 6.09 Å². The average molecular weight is 353 g/mol. The predicted molar refractivity (Wildman–Crippen MR) is 94.2 cm³/mol. The van der Waals surface area contributed by atoms with Crippen LogP contribution in [-0.2, 0) is 16.5 Å². The summed E-state index contributed by atoms with van der Waals surface area (Å²) in [7, 11) is 1.93. The smallest absolute Gasteiger partial charge is 0.410 e. The molecule has 3 atom stereocenters. The third kappa shape index (κ3) is 5.67. The van der Waals surface area contributed by atoms with E-state index < -0.39 is 5.60 Å². The van der Waals surface area contributed by atoms with Gasteiger partial charge in [-0.15, -0.1) is 10.2 Å². The van der Waals surface area contributed by atoms with Gasteiger partial charge in [0, 0.05) is 19.6 Å². The van der Waals surface area contributed by atoms with E-state index in [2.05, 4.69) is 29.4 Å². The number of morpholine rings is 1. The van der Waals surface area contributed by atoms with Gasteiger partial charge in [0.05, 0.1) is 25.3 Å². The number of carbonyl (C=O) groups is 1. The number of amides is 1. The van der Waals surface area contributed by atoms with Crippen LogP contribution in [0.2, 0.25) is 0 Å². The monoisotopic (exact) mass is 353 g/mol. The molecule has 3 unspecified atom stereocenters. The van der Waals surface area contributed by atoms with Gasteiger partial charge in [0.15, 0.2) is 0 Å². The summed E-state index contributed by atoms with van der Waals surface area (Å²) < 4.78 is 13.0. The summed E-state index contributed by atoms with van der Waals surface area (Å²) in [6.45, 7) is 11.5. The number of aryl methyl sites for hydroxylation is 1. The highest BCUT2D eigenvalue weighted by atomic mass is 16.6. The zero-order valence-corrected chi connectivity index (χ0v) is 16.2. The molecule has 1 aromatic heterocycles. The van der Waals surface area contributed by atoms with Crippen LogP contribution in [-0.4, -0.2) is 63.2 Å². The summed E-state index contributed by atoms with van der Waals surface area (Å²) >= 11 is 0. The van der Waals surface area contributed by atoms with Gasteiger partial charge >= 0.3 is 6.09 Å². The van der Waals surface area contributed by atoms with Gasteiger partial charge < -0.3 is 24.3 Å². The molecule has 1 saturated heterocycles. The number of ether oxygens (including phenoxy) is 2. The molecular weight excluding hydrogens is 322 g/mol. The highest BCUT2D eigenvalue weighted by molar-refractivity contribution is 5.68. The summed E-state index contributed by atoms with van der Waals surface area (Å²) in [6, 6.07) is 0.253. The van der Waals surface area contributed by atoms with Crippen LogP contribution in [0.4, 0.5) is 4.79 Å². The first-order valence-corrected chi connectivity index (χ1v) is 8.84.